The Morgan fingerprint density at radius 2 is 1.33 bits per heavy atom. The summed E-state index contributed by atoms with van der Waals surface area (Å²) in [6.07, 6.45) is 12.2. The van der Waals surface area contributed by atoms with Gasteiger partial charge >= 0.3 is 11.9 Å². The molecule has 1 unspecified atom stereocenters. The van der Waals surface area contributed by atoms with Crippen LogP contribution in [-0.4, -0.2) is 25.2 Å². The monoisotopic (exact) mass is 300 g/mol. The van der Waals surface area contributed by atoms with Crippen molar-refractivity contribution in [2.75, 3.05) is 7.11 Å². The van der Waals surface area contributed by atoms with Gasteiger partial charge in [0.15, 0.2) is 6.10 Å². The second-order valence-corrected chi connectivity index (χ2v) is 5.59. The maximum atomic E-state index is 11.4. The van der Waals surface area contributed by atoms with Crippen LogP contribution in [0.3, 0.4) is 0 Å². The van der Waals surface area contributed by atoms with E-state index in [2.05, 4.69) is 11.7 Å². The summed E-state index contributed by atoms with van der Waals surface area (Å²) in [6.45, 7) is 3.55. The molecule has 0 spiro atoms. The number of carbonyl (C=O) groups is 2. The van der Waals surface area contributed by atoms with Crippen LogP contribution in [0.4, 0.5) is 0 Å². The van der Waals surface area contributed by atoms with Crippen molar-refractivity contribution in [3.05, 3.63) is 0 Å². The van der Waals surface area contributed by atoms with Crippen LogP contribution in [0, 0.1) is 0 Å². The molecule has 4 nitrogen and oxygen atoms in total. The minimum atomic E-state index is -0.735. The second-order valence-electron chi connectivity index (χ2n) is 5.59. The number of ether oxygens (including phenoxy) is 2. The lowest BCUT2D eigenvalue weighted by Crippen LogP contribution is -2.27. The molecule has 4 heteroatoms. The first-order valence-electron chi connectivity index (χ1n) is 8.36. The van der Waals surface area contributed by atoms with E-state index in [9.17, 15) is 9.59 Å². The van der Waals surface area contributed by atoms with Crippen LogP contribution < -0.4 is 0 Å². The SMILES string of the molecule is CCCCCCCCCCCCC(OC(C)=O)C(=O)OC. The van der Waals surface area contributed by atoms with Gasteiger partial charge in [-0.1, -0.05) is 64.7 Å². The maximum Gasteiger partial charge on any atom is 0.347 e. The molecule has 0 aromatic heterocycles. The molecule has 0 bridgehead atoms. The topological polar surface area (TPSA) is 52.6 Å². The normalized spacial score (nSPS) is 12.0. The summed E-state index contributed by atoms with van der Waals surface area (Å²) in [5.41, 5.74) is 0. The Kier molecular flexibility index (Phi) is 13.2. The fourth-order valence-electron chi connectivity index (χ4n) is 2.37. The van der Waals surface area contributed by atoms with E-state index in [0.717, 1.165) is 12.8 Å². The molecule has 0 aliphatic heterocycles. The maximum absolute atomic E-state index is 11.4. The van der Waals surface area contributed by atoms with Crippen molar-refractivity contribution in [1.29, 1.82) is 0 Å². The lowest BCUT2D eigenvalue weighted by Gasteiger charge is -2.14. The number of hydrogen-bond donors (Lipinski definition) is 0. The Bertz CT molecular complexity index is 276. The average Bonchev–Trinajstić information content (AvgIpc) is 2.46. The largest absolute Gasteiger partial charge is 0.466 e. The van der Waals surface area contributed by atoms with Crippen LogP contribution in [0.25, 0.3) is 0 Å². The van der Waals surface area contributed by atoms with Crippen LogP contribution in [0.1, 0.15) is 84.5 Å². The van der Waals surface area contributed by atoms with E-state index in [0.29, 0.717) is 6.42 Å². The highest BCUT2D eigenvalue weighted by Crippen LogP contribution is 2.13. The highest BCUT2D eigenvalue weighted by Gasteiger charge is 2.21. The lowest BCUT2D eigenvalue weighted by molar-refractivity contribution is -0.165. The first kappa shape index (κ1) is 19.9. The van der Waals surface area contributed by atoms with Crippen LogP contribution in [-0.2, 0) is 19.1 Å². The van der Waals surface area contributed by atoms with E-state index >= 15 is 0 Å². The molecule has 0 aliphatic carbocycles. The standard InChI is InChI=1S/C17H32O4/c1-4-5-6-7-8-9-10-11-12-13-14-16(17(19)20-3)21-15(2)18/h16H,4-14H2,1-3H3. The lowest BCUT2D eigenvalue weighted by atomic mass is 10.0. The van der Waals surface area contributed by atoms with Crippen LogP contribution in [0.5, 0.6) is 0 Å². The zero-order valence-electron chi connectivity index (χ0n) is 14.0. The number of rotatable bonds is 13. The molecule has 0 aromatic rings. The number of hydrogen-bond acceptors (Lipinski definition) is 4. The zero-order valence-corrected chi connectivity index (χ0v) is 14.0. The predicted molar refractivity (Wildman–Crippen MR) is 84.0 cm³/mol. The fraction of sp³-hybridized carbons (Fsp3) is 0.882. The predicted octanol–water partition coefficient (Wildman–Crippen LogP) is 4.40. The summed E-state index contributed by atoms with van der Waals surface area (Å²) in [4.78, 5) is 22.4. The Morgan fingerprint density at radius 3 is 1.76 bits per heavy atom. The van der Waals surface area contributed by atoms with Gasteiger partial charge in [0, 0.05) is 6.92 Å². The fourth-order valence-corrected chi connectivity index (χ4v) is 2.37. The molecule has 124 valence electrons. The van der Waals surface area contributed by atoms with Crippen molar-refractivity contribution < 1.29 is 19.1 Å². The van der Waals surface area contributed by atoms with E-state index in [1.54, 1.807) is 0 Å². The molecule has 0 fully saturated rings. The molecular weight excluding hydrogens is 268 g/mol. The van der Waals surface area contributed by atoms with E-state index in [4.69, 9.17) is 4.74 Å². The quantitative estimate of drug-likeness (QED) is 0.373. The molecule has 0 N–H and O–H groups in total. The zero-order chi connectivity index (χ0) is 15.9. The van der Waals surface area contributed by atoms with Gasteiger partial charge in [-0.25, -0.2) is 4.79 Å². The third-order valence-corrected chi connectivity index (χ3v) is 3.59. The number of esters is 2. The summed E-state index contributed by atoms with van der Waals surface area (Å²) < 4.78 is 9.61. The molecule has 0 saturated heterocycles. The Hall–Kier alpha value is -1.06. The highest BCUT2D eigenvalue weighted by molar-refractivity contribution is 5.78. The van der Waals surface area contributed by atoms with E-state index < -0.39 is 18.0 Å². The third-order valence-electron chi connectivity index (χ3n) is 3.59. The first-order chi connectivity index (χ1) is 10.1. The van der Waals surface area contributed by atoms with Crippen molar-refractivity contribution >= 4 is 11.9 Å². The molecule has 0 aliphatic rings. The Labute approximate surface area is 129 Å². The summed E-state index contributed by atoms with van der Waals surface area (Å²) in [6, 6.07) is 0. The smallest absolute Gasteiger partial charge is 0.347 e. The summed E-state index contributed by atoms with van der Waals surface area (Å²) >= 11 is 0. The van der Waals surface area contributed by atoms with Gasteiger partial charge in [-0.2, -0.15) is 0 Å². The van der Waals surface area contributed by atoms with Gasteiger partial charge in [-0.3, -0.25) is 4.79 Å². The van der Waals surface area contributed by atoms with Gasteiger partial charge in [0.2, 0.25) is 0 Å². The highest BCUT2D eigenvalue weighted by atomic mass is 16.6. The number of unbranched alkanes of at least 4 members (excludes halogenated alkanes) is 9. The summed E-state index contributed by atoms with van der Waals surface area (Å²) in [7, 11) is 1.32. The number of methoxy groups -OCH3 is 1. The first-order valence-corrected chi connectivity index (χ1v) is 8.36. The molecule has 0 amide bonds. The molecule has 0 aromatic carbocycles. The van der Waals surface area contributed by atoms with Gasteiger partial charge in [0.05, 0.1) is 7.11 Å². The van der Waals surface area contributed by atoms with Gasteiger partial charge in [-0.15, -0.1) is 0 Å². The summed E-state index contributed by atoms with van der Waals surface area (Å²) in [5, 5.41) is 0. The van der Waals surface area contributed by atoms with Gasteiger partial charge < -0.3 is 9.47 Å². The summed E-state index contributed by atoms with van der Waals surface area (Å²) in [5.74, 6) is -0.890. The van der Waals surface area contributed by atoms with Gasteiger partial charge in [-0.05, 0) is 12.8 Å². The third kappa shape index (κ3) is 12.4. The van der Waals surface area contributed by atoms with Gasteiger partial charge in [0.25, 0.3) is 0 Å². The van der Waals surface area contributed by atoms with E-state index in [-0.39, 0.29) is 0 Å². The van der Waals surface area contributed by atoms with Crippen LogP contribution >= 0.6 is 0 Å². The van der Waals surface area contributed by atoms with Crippen molar-refractivity contribution in [3.8, 4) is 0 Å². The van der Waals surface area contributed by atoms with E-state index in [1.165, 1.54) is 65.4 Å². The molecule has 0 saturated carbocycles. The molecular formula is C17H32O4. The average molecular weight is 300 g/mol. The minimum absolute atomic E-state index is 0.433. The molecule has 0 radical (unpaired) electrons. The minimum Gasteiger partial charge on any atom is -0.466 e. The molecule has 1 atom stereocenters. The number of carbonyl (C=O) groups excluding carboxylic acids is 2. The second kappa shape index (κ2) is 13.9. The van der Waals surface area contributed by atoms with Crippen molar-refractivity contribution in [3.63, 3.8) is 0 Å². The molecule has 0 rings (SSSR count). The molecule has 0 heterocycles. The van der Waals surface area contributed by atoms with Gasteiger partial charge in [0.1, 0.15) is 0 Å². The van der Waals surface area contributed by atoms with Crippen molar-refractivity contribution in [1.82, 2.24) is 0 Å². The van der Waals surface area contributed by atoms with E-state index in [1.807, 2.05) is 0 Å². The Morgan fingerprint density at radius 1 is 0.857 bits per heavy atom. The Balaban J connectivity index is 3.53. The molecule has 21 heavy (non-hydrogen) atoms. The van der Waals surface area contributed by atoms with Crippen LogP contribution in [0.15, 0.2) is 0 Å². The van der Waals surface area contributed by atoms with Crippen molar-refractivity contribution in [2.45, 2.75) is 90.6 Å². The van der Waals surface area contributed by atoms with Crippen LogP contribution in [0.2, 0.25) is 0 Å². The van der Waals surface area contributed by atoms with Crippen molar-refractivity contribution in [2.24, 2.45) is 0 Å².